The summed E-state index contributed by atoms with van der Waals surface area (Å²) in [7, 11) is -2.42. The third-order valence-electron chi connectivity index (χ3n) is 10.3. The van der Waals surface area contributed by atoms with Gasteiger partial charge in [0, 0.05) is 19.4 Å². The highest BCUT2D eigenvalue weighted by molar-refractivity contribution is 6.74. The third kappa shape index (κ3) is 15.6. The smallest absolute Gasteiger partial charge is 0.306 e. The van der Waals surface area contributed by atoms with E-state index >= 15 is 8.78 Å². The summed E-state index contributed by atoms with van der Waals surface area (Å²) in [5.41, 5.74) is 0. The van der Waals surface area contributed by atoms with E-state index in [4.69, 9.17) is 18.6 Å². The molecule has 46 heavy (non-hydrogen) atoms. The fourth-order valence-corrected chi connectivity index (χ4v) is 7.69. The van der Waals surface area contributed by atoms with Crippen LogP contribution in [0.1, 0.15) is 157 Å². The molecule has 3 unspecified atom stereocenters. The minimum atomic E-state index is -2.90. The van der Waals surface area contributed by atoms with Crippen LogP contribution in [0.2, 0.25) is 18.1 Å². The number of unbranched alkanes of at least 4 members (excludes halogenated alkanes) is 8. The third-order valence-corrected chi connectivity index (χ3v) is 14.8. The van der Waals surface area contributed by atoms with Crippen molar-refractivity contribution in [1.29, 1.82) is 0 Å². The van der Waals surface area contributed by atoms with Gasteiger partial charge in [-0.25, -0.2) is 8.78 Å². The van der Waals surface area contributed by atoms with E-state index in [2.05, 4.69) is 46.9 Å². The lowest BCUT2D eigenvalue weighted by atomic mass is 9.89. The molecule has 0 spiro atoms. The lowest BCUT2D eigenvalue weighted by Gasteiger charge is -2.40. The van der Waals surface area contributed by atoms with E-state index < -0.39 is 20.3 Å². The van der Waals surface area contributed by atoms with Gasteiger partial charge in [-0.1, -0.05) is 91.2 Å². The molecule has 5 nitrogen and oxygen atoms in total. The van der Waals surface area contributed by atoms with Crippen LogP contribution < -0.4 is 0 Å². The van der Waals surface area contributed by atoms with Gasteiger partial charge < -0.3 is 18.6 Å². The summed E-state index contributed by atoms with van der Waals surface area (Å²) < 4.78 is 55.7. The summed E-state index contributed by atoms with van der Waals surface area (Å²) in [6.45, 7) is 17.1. The Morgan fingerprint density at radius 2 is 1.63 bits per heavy atom. The van der Waals surface area contributed by atoms with Gasteiger partial charge in [0.25, 0.3) is 5.92 Å². The average Bonchev–Trinajstić information content (AvgIpc) is 3.35. The molecule has 0 amide bonds. The fraction of sp³-hybridized carbons (Fsp3) is 0.921. The number of rotatable bonds is 22. The molecule has 1 saturated heterocycles. The SMILES string of the molecule is CCCCCCC(F)(F)C(C=C[C@@H]1C[C@H](OC2CCCCO2)CC1CCCCCCCCC(=O)OC(C)C)O[Si](C)(C)C(C)(C)C. The number of alkyl halides is 2. The molecule has 0 bridgehead atoms. The minimum Gasteiger partial charge on any atom is -0.463 e. The van der Waals surface area contributed by atoms with Crippen molar-refractivity contribution in [2.75, 3.05) is 6.61 Å². The van der Waals surface area contributed by atoms with Crippen LogP contribution in [-0.2, 0) is 23.4 Å². The second kappa shape index (κ2) is 20.6. The van der Waals surface area contributed by atoms with Gasteiger partial charge in [-0.15, -0.1) is 0 Å². The monoisotopic (exact) mass is 672 g/mol. The molecule has 0 aromatic rings. The number of allylic oxidation sites excluding steroid dienone is 1. The number of hydrogen-bond acceptors (Lipinski definition) is 5. The quantitative estimate of drug-likeness (QED) is 0.0496. The van der Waals surface area contributed by atoms with Crippen molar-refractivity contribution in [3.05, 3.63) is 12.2 Å². The molecule has 8 heteroatoms. The van der Waals surface area contributed by atoms with Crippen molar-refractivity contribution < 1.29 is 32.2 Å². The Hall–Kier alpha value is -0.833. The van der Waals surface area contributed by atoms with Crippen molar-refractivity contribution >= 4 is 14.3 Å². The molecule has 0 radical (unpaired) electrons. The summed E-state index contributed by atoms with van der Waals surface area (Å²) >= 11 is 0. The summed E-state index contributed by atoms with van der Waals surface area (Å²) in [6, 6.07) is 0. The predicted octanol–water partition coefficient (Wildman–Crippen LogP) is 11.5. The Kier molecular flexibility index (Phi) is 18.5. The molecule has 1 aliphatic heterocycles. The standard InChI is InChI=1S/C38H70F2O5Si/c1-9-10-11-19-26-38(39,40)34(45-46(7,8)37(4,5)6)25-24-32-29-33(44-36-23-18-20-27-42-36)28-31(32)21-16-14-12-13-15-17-22-35(41)43-30(2)3/h24-25,30-34,36H,9-23,26-29H2,1-8H3/t31?,32-,33-,34?,36?/m1/s1. The first kappa shape index (κ1) is 41.3. The number of ether oxygens (including phenoxy) is 3. The van der Waals surface area contributed by atoms with Crippen molar-refractivity contribution in [3.63, 3.8) is 0 Å². The maximum absolute atomic E-state index is 15.8. The average molecular weight is 673 g/mol. The van der Waals surface area contributed by atoms with Gasteiger partial charge in [0.05, 0.1) is 12.2 Å². The van der Waals surface area contributed by atoms with E-state index in [0.717, 1.165) is 103 Å². The molecule has 2 fully saturated rings. The zero-order valence-corrected chi connectivity index (χ0v) is 31.9. The van der Waals surface area contributed by atoms with E-state index in [1.54, 1.807) is 6.08 Å². The molecule has 0 N–H and O–H groups in total. The van der Waals surface area contributed by atoms with Gasteiger partial charge in [0.2, 0.25) is 0 Å². The number of carbonyl (C=O) groups excluding carboxylic acids is 1. The van der Waals surface area contributed by atoms with Crippen molar-refractivity contribution in [2.45, 2.75) is 206 Å². The van der Waals surface area contributed by atoms with E-state index in [0.29, 0.717) is 18.8 Å². The van der Waals surface area contributed by atoms with Crippen molar-refractivity contribution in [1.82, 2.24) is 0 Å². The van der Waals surface area contributed by atoms with Gasteiger partial charge in [0.15, 0.2) is 14.6 Å². The predicted molar refractivity (Wildman–Crippen MR) is 188 cm³/mol. The molecule has 1 saturated carbocycles. The van der Waals surface area contributed by atoms with Crippen LogP contribution in [0.5, 0.6) is 0 Å². The first-order valence-electron chi connectivity index (χ1n) is 18.8. The highest BCUT2D eigenvalue weighted by atomic mass is 28.4. The lowest BCUT2D eigenvalue weighted by molar-refractivity contribution is -0.187. The van der Waals surface area contributed by atoms with Gasteiger partial charge >= 0.3 is 5.97 Å². The Balaban J connectivity index is 2.04. The number of esters is 1. The molecule has 0 aromatic carbocycles. The molecule has 5 atom stereocenters. The summed E-state index contributed by atoms with van der Waals surface area (Å²) in [4.78, 5) is 11.8. The summed E-state index contributed by atoms with van der Waals surface area (Å²) in [6.07, 6.45) is 18.7. The first-order valence-corrected chi connectivity index (χ1v) is 21.8. The lowest BCUT2D eigenvalue weighted by Crippen LogP contribution is -2.48. The summed E-state index contributed by atoms with van der Waals surface area (Å²) in [5.74, 6) is -2.40. The maximum Gasteiger partial charge on any atom is 0.306 e. The van der Waals surface area contributed by atoms with Crippen LogP contribution in [0, 0.1) is 11.8 Å². The number of halogens is 2. The molecular weight excluding hydrogens is 602 g/mol. The first-order chi connectivity index (χ1) is 21.6. The van der Waals surface area contributed by atoms with Crippen molar-refractivity contribution in [3.8, 4) is 0 Å². The Morgan fingerprint density at radius 3 is 2.26 bits per heavy atom. The van der Waals surface area contributed by atoms with E-state index in [1.807, 2.05) is 13.8 Å². The minimum absolute atomic E-state index is 0.0513. The highest BCUT2D eigenvalue weighted by Gasteiger charge is 2.46. The summed E-state index contributed by atoms with van der Waals surface area (Å²) in [5, 5.41) is -0.149. The second-order valence-electron chi connectivity index (χ2n) is 15.9. The number of hydrogen-bond donors (Lipinski definition) is 0. The van der Waals surface area contributed by atoms with Gasteiger partial charge in [0.1, 0.15) is 6.10 Å². The Morgan fingerprint density at radius 1 is 0.957 bits per heavy atom. The molecule has 1 heterocycles. The van der Waals surface area contributed by atoms with Crippen LogP contribution >= 0.6 is 0 Å². The van der Waals surface area contributed by atoms with Crippen LogP contribution in [0.4, 0.5) is 8.78 Å². The number of carbonyl (C=O) groups is 1. The van der Waals surface area contributed by atoms with E-state index in [9.17, 15) is 4.79 Å². The topological polar surface area (TPSA) is 54.0 Å². The van der Waals surface area contributed by atoms with Gasteiger partial charge in [-0.3, -0.25) is 4.79 Å². The second-order valence-corrected chi connectivity index (χ2v) is 20.7. The van der Waals surface area contributed by atoms with E-state index in [1.165, 1.54) is 0 Å². The molecule has 2 rings (SSSR count). The van der Waals surface area contributed by atoms with E-state index in [-0.39, 0.29) is 41.8 Å². The Labute approximate surface area is 282 Å². The van der Waals surface area contributed by atoms with Gasteiger partial charge in [-0.2, -0.15) is 0 Å². The normalized spacial score (nSPS) is 23.8. The zero-order valence-electron chi connectivity index (χ0n) is 30.9. The molecule has 2 aliphatic rings. The fourth-order valence-electron chi connectivity index (χ4n) is 6.46. The molecule has 1 aliphatic carbocycles. The maximum atomic E-state index is 15.8. The zero-order chi connectivity index (χ0) is 34.2. The van der Waals surface area contributed by atoms with Crippen LogP contribution in [0.25, 0.3) is 0 Å². The van der Waals surface area contributed by atoms with Gasteiger partial charge in [-0.05, 0) is 95.2 Å². The molecule has 0 aromatic heterocycles. The van der Waals surface area contributed by atoms with Crippen LogP contribution in [0.15, 0.2) is 12.2 Å². The molecule has 270 valence electrons. The highest BCUT2D eigenvalue weighted by Crippen LogP contribution is 2.43. The largest absolute Gasteiger partial charge is 0.463 e. The van der Waals surface area contributed by atoms with Crippen LogP contribution in [-0.4, -0.2) is 51.4 Å². The Bertz CT molecular complexity index is 866. The van der Waals surface area contributed by atoms with Crippen molar-refractivity contribution in [2.24, 2.45) is 11.8 Å². The van der Waals surface area contributed by atoms with Crippen LogP contribution in [0.3, 0.4) is 0 Å². The molecular formula is C38H70F2O5Si.